The minimum Gasteiger partial charge on any atom is -0.335 e. The number of rotatable bonds is 3. The first-order valence-electron chi connectivity index (χ1n) is 7.83. The van der Waals surface area contributed by atoms with Gasteiger partial charge in [0.25, 0.3) is 0 Å². The van der Waals surface area contributed by atoms with Crippen molar-refractivity contribution in [1.29, 1.82) is 0 Å². The molecule has 1 aliphatic rings. The monoisotopic (exact) mass is 364 g/mol. The third kappa shape index (κ3) is 3.79. The summed E-state index contributed by atoms with van der Waals surface area (Å²) in [6.07, 6.45) is 0.762. The van der Waals surface area contributed by atoms with E-state index in [2.05, 4.69) is 10.7 Å². The number of urea groups is 1. The van der Waals surface area contributed by atoms with Gasteiger partial charge in [0.2, 0.25) is 0 Å². The summed E-state index contributed by atoms with van der Waals surface area (Å²) in [7, 11) is -3.33. The highest BCUT2D eigenvalue weighted by atomic mass is 32.2. The molecule has 1 aliphatic heterocycles. The molecule has 0 saturated carbocycles. The van der Waals surface area contributed by atoms with Crippen molar-refractivity contribution in [2.24, 2.45) is 0 Å². The van der Waals surface area contributed by atoms with Crippen LogP contribution in [0, 0.1) is 0 Å². The number of sulfone groups is 1. The van der Waals surface area contributed by atoms with Crippen molar-refractivity contribution in [3.05, 3.63) is 52.2 Å². The van der Waals surface area contributed by atoms with E-state index in [-0.39, 0.29) is 24.4 Å². The summed E-state index contributed by atoms with van der Waals surface area (Å²) in [5.74, 6) is -0.0453. The number of nitrogens with zero attached hydrogens (tertiary/aromatic N) is 1. The van der Waals surface area contributed by atoms with Crippen LogP contribution in [0.15, 0.2) is 46.0 Å². The van der Waals surface area contributed by atoms with Crippen molar-refractivity contribution in [2.45, 2.75) is 30.8 Å². The maximum Gasteiger partial charge on any atom is 0.317 e. The molecule has 1 aromatic heterocycles. The van der Waals surface area contributed by atoms with Gasteiger partial charge in [-0.3, -0.25) is 0 Å². The van der Waals surface area contributed by atoms with Gasteiger partial charge in [-0.1, -0.05) is 18.2 Å². The lowest BCUT2D eigenvalue weighted by Gasteiger charge is -2.23. The fourth-order valence-electron chi connectivity index (χ4n) is 2.85. The van der Waals surface area contributed by atoms with E-state index in [1.54, 1.807) is 40.5 Å². The number of thiophene rings is 1. The lowest BCUT2D eigenvalue weighted by Crippen LogP contribution is -2.45. The molecule has 128 valence electrons. The summed E-state index contributed by atoms with van der Waals surface area (Å²) in [4.78, 5) is 14.4. The van der Waals surface area contributed by atoms with Gasteiger partial charge in [0.05, 0.1) is 10.6 Å². The van der Waals surface area contributed by atoms with E-state index in [9.17, 15) is 13.2 Å². The molecule has 3 rings (SSSR count). The van der Waals surface area contributed by atoms with Crippen LogP contribution in [0.1, 0.15) is 18.1 Å². The third-order valence-electron chi connectivity index (χ3n) is 4.08. The number of carbonyl (C=O) groups is 1. The Kier molecular flexibility index (Phi) is 4.91. The zero-order valence-electron chi connectivity index (χ0n) is 13.4. The molecule has 2 amide bonds. The zero-order chi connectivity index (χ0) is 17.2. The van der Waals surface area contributed by atoms with Gasteiger partial charge in [0.15, 0.2) is 9.84 Å². The van der Waals surface area contributed by atoms with Gasteiger partial charge in [-0.15, -0.1) is 0 Å². The summed E-state index contributed by atoms with van der Waals surface area (Å²) in [6, 6.07) is 8.72. The zero-order valence-corrected chi connectivity index (χ0v) is 15.1. The molecule has 0 radical (unpaired) electrons. The smallest absolute Gasteiger partial charge is 0.317 e. The molecule has 7 heteroatoms. The predicted molar refractivity (Wildman–Crippen MR) is 94.9 cm³/mol. The van der Waals surface area contributed by atoms with Crippen molar-refractivity contribution in [1.82, 2.24) is 10.2 Å². The number of benzene rings is 1. The van der Waals surface area contributed by atoms with Crippen LogP contribution in [0.4, 0.5) is 4.79 Å². The van der Waals surface area contributed by atoms with Gasteiger partial charge in [0.1, 0.15) is 0 Å². The van der Waals surface area contributed by atoms with Gasteiger partial charge < -0.3 is 10.2 Å². The van der Waals surface area contributed by atoms with Crippen LogP contribution in [-0.4, -0.2) is 37.7 Å². The molecule has 2 aromatic rings. The average Bonchev–Trinajstić information content (AvgIpc) is 2.99. The van der Waals surface area contributed by atoms with Crippen LogP contribution < -0.4 is 5.32 Å². The Morgan fingerprint density at radius 1 is 1.33 bits per heavy atom. The summed E-state index contributed by atoms with van der Waals surface area (Å²) in [6.45, 7) is 2.47. The standard InChI is InChI=1S/C17H20N2O3S2/c1-13(10-14-6-8-23-12-14)18-17(20)19-7-9-24(21,22)16-5-3-2-4-15(16)11-19/h2-6,8,12-13H,7,9-11H2,1H3,(H,18,20). The van der Waals surface area contributed by atoms with E-state index in [0.29, 0.717) is 17.0 Å². The van der Waals surface area contributed by atoms with Crippen molar-refractivity contribution < 1.29 is 13.2 Å². The van der Waals surface area contributed by atoms with Crippen molar-refractivity contribution >= 4 is 27.2 Å². The topological polar surface area (TPSA) is 66.5 Å². The second-order valence-electron chi connectivity index (χ2n) is 6.03. The van der Waals surface area contributed by atoms with Crippen LogP contribution in [0.25, 0.3) is 0 Å². The fourth-order valence-corrected chi connectivity index (χ4v) is 5.03. The van der Waals surface area contributed by atoms with E-state index in [1.165, 1.54) is 5.56 Å². The van der Waals surface area contributed by atoms with E-state index < -0.39 is 9.84 Å². The molecular weight excluding hydrogens is 344 g/mol. The van der Waals surface area contributed by atoms with Crippen molar-refractivity contribution in [2.75, 3.05) is 12.3 Å². The van der Waals surface area contributed by atoms with Crippen LogP contribution in [0.3, 0.4) is 0 Å². The number of nitrogens with one attached hydrogen (secondary N) is 1. The van der Waals surface area contributed by atoms with Crippen molar-refractivity contribution in [3.63, 3.8) is 0 Å². The number of hydrogen-bond acceptors (Lipinski definition) is 4. The molecule has 0 fully saturated rings. The highest BCUT2D eigenvalue weighted by Gasteiger charge is 2.27. The molecule has 0 aliphatic carbocycles. The van der Waals surface area contributed by atoms with Crippen LogP contribution in [-0.2, 0) is 22.8 Å². The summed E-state index contributed by atoms with van der Waals surface area (Å²) in [5.41, 5.74) is 1.87. The number of fused-ring (bicyclic) bond motifs is 1. The molecule has 5 nitrogen and oxygen atoms in total. The third-order valence-corrected chi connectivity index (χ3v) is 6.60. The Hall–Kier alpha value is -1.86. The molecular formula is C17H20N2O3S2. The predicted octanol–water partition coefficient (Wildman–Crippen LogP) is 2.68. The molecule has 1 N–H and O–H groups in total. The number of amides is 2. The normalized spacial score (nSPS) is 17.6. The molecule has 0 bridgehead atoms. The lowest BCUT2D eigenvalue weighted by molar-refractivity contribution is 0.195. The Balaban J connectivity index is 1.70. The second kappa shape index (κ2) is 6.94. The van der Waals surface area contributed by atoms with E-state index in [0.717, 1.165) is 6.42 Å². The minimum atomic E-state index is -3.33. The van der Waals surface area contributed by atoms with E-state index in [1.807, 2.05) is 18.4 Å². The number of carbonyl (C=O) groups excluding carboxylic acids is 1. The van der Waals surface area contributed by atoms with Gasteiger partial charge in [-0.2, -0.15) is 11.3 Å². The molecule has 0 spiro atoms. The summed E-state index contributed by atoms with van der Waals surface area (Å²) >= 11 is 1.63. The molecule has 0 saturated heterocycles. The quantitative estimate of drug-likeness (QED) is 0.911. The molecule has 2 heterocycles. The Bertz CT molecular complexity index is 816. The fraction of sp³-hybridized carbons (Fsp3) is 0.353. The first-order valence-corrected chi connectivity index (χ1v) is 10.4. The first kappa shape index (κ1) is 17.0. The Morgan fingerprint density at radius 3 is 2.88 bits per heavy atom. The van der Waals surface area contributed by atoms with Gasteiger partial charge in [-0.05, 0) is 47.4 Å². The second-order valence-corrected chi connectivity index (χ2v) is 8.89. The molecule has 1 aromatic carbocycles. The SMILES string of the molecule is CC(Cc1ccsc1)NC(=O)N1CCS(=O)(=O)c2ccccc2C1. The maximum absolute atomic E-state index is 12.5. The van der Waals surface area contributed by atoms with E-state index in [4.69, 9.17) is 0 Å². The van der Waals surface area contributed by atoms with Gasteiger partial charge >= 0.3 is 6.03 Å². The summed E-state index contributed by atoms with van der Waals surface area (Å²) < 4.78 is 24.7. The molecule has 1 atom stereocenters. The van der Waals surface area contributed by atoms with Gasteiger partial charge in [0, 0.05) is 19.1 Å². The van der Waals surface area contributed by atoms with Crippen LogP contribution in [0.5, 0.6) is 0 Å². The van der Waals surface area contributed by atoms with Gasteiger partial charge in [-0.25, -0.2) is 13.2 Å². The minimum absolute atomic E-state index is 0.0118. The van der Waals surface area contributed by atoms with Crippen LogP contribution in [0.2, 0.25) is 0 Å². The molecule has 24 heavy (non-hydrogen) atoms. The Morgan fingerprint density at radius 2 is 2.12 bits per heavy atom. The van der Waals surface area contributed by atoms with Crippen molar-refractivity contribution in [3.8, 4) is 0 Å². The first-order chi connectivity index (χ1) is 11.5. The average molecular weight is 364 g/mol. The highest BCUT2D eigenvalue weighted by Crippen LogP contribution is 2.22. The highest BCUT2D eigenvalue weighted by molar-refractivity contribution is 7.91. The molecule has 1 unspecified atom stereocenters. The van der Waals surface area contributed by atoms with E-state index >= 15 is 0 Å². The number of hydrogen-bond donors (Lipinski definition) is 1. The largest absolute Gasteiger partial charge is 0.335 e. The maximum atomic E-state index is 12.5. The lowest BCUT2D eigenvalue weighted by atomic mass is 10.1. The van der Waals surface area contributed by atoms with Crippen LogP contribution >= 0.6 is 11.3 Å². The summed E-state index contributed by atoms with van der Waals surface area (Å²) in [5, 5.41) is 7.05. The Labute approximate surface area is 146 Å².